The third-order valence-electron chi connectivity index (χ3n) is 4.71. The minimum absolute atomic E-state index is 0.756. The summed E-state index contributed by atoms with van der Waals surface area (Å²) >= 11 is 0. The highest BCUT2D eigenvalue weighted by Gasteiger charge is 2.23. The van der Waals surface area contributed by atoms with Crippen LogP contribution in [0.3, 0.4) is 0 Å². The molecule has 0 radical (unpaired) electrons. The van der Waals surface area contributed by atoms with Gasteiger partial charge in [0.15, 0.2) is 0 Å². The molecule has 0 saturated heterocycles. The largest absolute Gasteiger partial charge is 0.384 e. The Hall–Kier alpha value is -1.02. The van der Waals surface area contributed by atoms with Crippen molar-refractivity contribution in [3.8, 4) is 0 Å². The number of fused-ring (bicyclic) bond motifs is 1. The van der Waals surface area contributed by atoms with Gasteiger partial charge in [-0.3, -0.25) is 4.90 Å². The number of benzene rings is 1. The summed E-state index contributed by atoms with van der Waals surface area (Å²) in [5.41, 5.74) is 4.36. The van der Waals surface area contributed by atoms with E-state index in [1.807, 2.05) is 0 Å². The van der Waals surface area contributed by atoms with Gasteiger partial charge in [0.1, 0.15) is 0 Å². The fourth-order valence-electron chi connectivity index (χ4n) is 3.77. The summed E-state index contributed by atoms with van der Waals surface area (Å²) in [4.78, 5) is 2.74. The minimum atomic E-state index is 0.756. The van der Waals surface area contributed by atoms with Crippen LogP contribution < -0.4 is 5.32 Å². The lowest BCUT2D eigenvalue weighted by molar-refractivity contribution is 0.168. The Kier molecular flexibility index (Phi) is 4.30. The summed E-state index contributed by atoms with van der Waals surface area (Å²) in [6.45, 7) is 8.16. The number of nitrogens with one attached hydrogen (secondary N) is 1. The van der Waals surface area contributed by atoms with Crippen molar-refractivity contribution in [1.82, 2.24) is 4.90 Å². The Balaban J connectivity index is 1.71. The first-order chi connectivity index (χ1) is 9.72. The van der Waals surface area contributed by atoms with Crippen LogP contribution >= 0.6 is 0 Å². The normalized spacial score (nSPS) is 18.8. The average Bonchev–Trinajstić information content (AvgIpc) is 3.08. The quantitative estimate of drug-likeness (QED) is 0.869. The van der Waals surface area contributed by atoms with Gasteiger partial charge in [-0.05, 0) is 42.4 Å². The number of hydrogen-bond donors (Lipinski definition) is 1. The Morgan fingerprint density at radius 1 is 1.25 bits per heavy atom. The van der Waals surface area contributed by atoms with Gasteiger partial charge in [-0.15, -0.1) is 0 Å². The lowest BCUT2D eigenvalue weighted by atomic mass is 10.1. The molecule has 0 unspecified atom stereocenters. The van der Waals surface area contributed by atoms with Crippen LogP contribution in [0.2, 0.25) is 0 Å². The lowest BCUT2D eigenvalue weighted by Crippen LogP contribution is -2.35. The molecule has 1 fully saturated rings. The summed E-state index contributed by atoms with van der Waals surface area (Å²) in [5.74, 6) is 0.756. The average molecular weight is 272 g/mol. The maximum atomic E-state index is 3.45. The van der Waals surface area contributed by atoms with Crippen molar-refractivity contribution in [3.05, 3.63) is 29.3 Å². The van der Waals surface area contributed by atoms with Crippen LogP contribution in [-0.4, -0.2) is 24.0 Å². The Morgan fingerprint density at radius 3 is 2.80 bits per heavy atom. The molecule has 1 N–H and O–H groups in total. The molecule has 0 bridgehead atoms. The molecule has 2 aliphatic rings. The molecule has 1 aromatic carbocycles. The molecule has 1 aromatic rings. The standard InChI is InChI=1S/C18H28N2/c1-14(2)12-20(17-5-3-4-6-17)13-15-7-8-18-16(11-15)9-10-19-18/h7-8,11,14,17,19H,3-6,9-10,12-13H2,1-2H3. The van der Waals surface area contributed by atoms with Crippen LogP contribution in [0.4, 0.5) is 5.69 Å². The second kappa shape index (κ2) is 6.17. The summed E-state index contributed by atoms with van der Waals surface area (Å²) in [6, 6.07) is 7.85. The van der Waals surface area contributed by atoms with Gasteiger partial charge in [0.2, 0.25) is 0 Å². The van der Waals surface area contributed by atoms with Crippen molar-refractivity contribution in [1.29, 1.82) is 0 Å². The summed E-state index contributed by atoms with van der Waals surface area (Å²) in [7, 11) is 0. The molecule has 1 aliphatic carbocycles. The summed E-state index contributed by atoms with van der Waals surface area (Å²) in [6.07, 6.45) is 6.84. The molecule has 0 spiro atoms. The zero-order chi connectivity index (χ0) is 13.9. The van der Waals surface area contributed by atoms with E-state index in [-0.39, 0.29) is 0 Å². The van der Waals surface area contributed by atoms with Crippen LogP contribution in [0.15, 0.2) is 18.2 Å². The van der Waals surface area contributed by atoms with E-state index < -0.39 is 0 Å². The van der Waals surface area contributed by atoms with E-state index in [2.05, 4.69) is 42.3 Å². The number of hydrogen-bond acceptors (Lipinski definition) is 2. The topological polar surface area (TPSA) is 15.3 Å². The zero-order valence-electron chi connectivity index (χ0n) is 13.0. The van der Waals surface area contributed by atoms with E-state index in [0.29, 0.717) is 0 Å². The van der Waals surface area contributed by atoms with E-state index in [0.717, 1.165) is 25.0 Å². The molecule has 3 rings (SSSR count). The van der Waals surface area contributed by atoms with Gasteiger partial charge in [-0.2, -0.15) is 0 Å². The fraction of sp³-hybridized carbons (Fsp3) is 0.667. The predicted molar refractivity (Wildman–Crippen MR) is 86.1 cm³/mol. The van der Waals surface area contributed by atoms with Crippen LogP contribution in [-0.2, 0) is 13.0 Å². The number of rotatable bonds is 5. The van der Waals surface area contributed by atoms with Gasteiger partial charge in [0.05, 0.1) is 0 Å². The first-order valence-corrected chi connectivity index (χ1v) is 8.32. The summed E-state index contributed by atoms with van der Waals surface area (Å²) in [5, 5.41) is 3.45. The first-order valence-electron chi connectivity index (χ1n) is 8.32. The maximum absolute atomic E-state index is 3.45. The van der Waals surface area contributed by atoms with E-state index >= 15 is 0 Å². The predicted octanol–water partition coefficient (Wildman–Crippen LogP) is 4.06. The molecular formula is C18H28N2. The monoisotopic (exact) mass is 272 g/mol. The van der Waals surface area contributed by atoms with Gasteiger partial charge in [-0.1, -0.05) is 38.8 Å². The van der Waals surface area contributed by atoms with Gasteiger partial charge in [0, 0.05) is 31.4 Å². The maximum Gasteiger partial charge on any atom is 0.0373 e. The van der Waals surface area contributed by atoms with Crippen molar-refractivity contribution < 1.29 is 0 Å². The first kappa shape index (κ1) is 13.9. The minimum Gasteiger partial charge on any atom is -0.384 e. The van der Waals surface area contributed by atoms with Crippen LogP contribution in [0, 0.1) is 5.92 Å². The molecular weight excluding hydrogens is 244 g/mol. The Labute approximate surface area is 123 Å². The molecule has 2 nitrogen and oxygen atoms in total. The van der Waals surface area contributed by atoms with Gasteiger partial charge >= 0.3 is 0 Å². The van der Waals surface area contributed by atoms with Crippen molar-refractivity contribution in [3.63, 3.8) is 0 Å². The van der Waals surface area contributed by atoms with E-state index in [1.54, 1.807) is 0 Å². The van der Waals surface area contributed by atoms with Gasteiger partial charge in [0.25, 0.3) is 0 Å². The van der Waals surface area contributed by atoms with Crippen LogP contribution in [0.5, 0.6) is 0 Å². The molecule has 0 aromatic heterocycles. The van der Waals surface area contributed by atoms with E-state index in [4.69, 9.17) is 0 Å². The van der Waals surface area contributed by atoms with Crippen LogP contribution in [0.1, 0.15) is 50.7 Å². The summed E-state index contributed by atoms with van der Waals surface area (Å²) < 4.78 is 0. The molecule has 1 aliphatic heterocycles. The zero-order valence-corrected chi connectivity index (χ0v) is 13.0. The highest BCUT2D eigenvalue weighted by Crippen LogP contribution is 2.28. The third-order valence-corrected chi connectivity index (χ3v) is 4.71. The molecule has 1 heterocycles. The second-order valence-corrected chi connectivity index (χ2v) is 6.93. The molecule has 0 atom stereocenters. The fourth-order valence-corrected chi connectivity index (χ4v) is 3.77. The van der Waals surface area contributed by atoms with Gasteiger partial charge < -0.3 is 5.32 Å². The molecule has 1 saturated carbocycles. The third kappa shape index (κ3) is 3.17. The van der Waals surface area contributed by atoms with Gasteiger partial charge in [-0.25, -0.2) is 0 Å². The number of anilines is 1. The SMILES string of the molecule is CC(C)CN(Cc1ccc2c(c1)CCN2)C1CCCC1. The van der Waals surface area contributed by atoms with Crippen molar-refractivity contribution in [2.75, 3.05) is 18.4 Å². The Bertz CT molecular complexity index is 447. The molecule has 0 amide bonds. The van der Waals surface area contributed by atoms with E-state index in [9.17, 15) is 0 Å². The van der Waals surface area contributed by atoms with Crippen molar-refractivity contribution in [2.45, 2.75) is 58.5 Å². The van der Waals surface area contributed by atoms with Crippen molar-refractivity contribution in [2.24, 2.45) is 5.92 Å². The van der Waals surface area contributed by atoms with Crippen LogP contribution in [0.25, 0.3) is 0 Å². The van der Waals surface area contributed by atoms with Crippen molar-refractivity contribution >= 4 is 5.69 Å². The molecule has 20 heavy (non-hydrogen) atoms. The number of nitrogens with zero attached hydrogens (tertiary/aromatic N) is 1. The highest BCUT2D eigenvalue weighted by atomic mass is 15.2. The second-order valence-electron chi connectivity index (χ2n) is 6.93. The molecule has 2 heteroatoms. The highest BCUT2D eigenvalue weighted by molar-refractivity contribution is 5.56. The smallest absolute Gasteiger partial charge is 0.0373 e. The Morgan fingerprint density at radius 2 is 2.05 bits per heavy atom. The molecule has 110 valence electrons. The van der Waals surface area contributed by atoms with E-state index in [1.165, 1.54) is 55.5 Å². The lowest BCUT2D eigenvalue weighted by Gasteiger charge is -2.30.